The van der Waals surface area contributed by atoms with Crippen LogP contribution in [0.4, 0.5) is 0 Å². The second-order valence-corrected chi connectivity index (χ2v) is 4.08. The van der Waals surface area contributed by atoms with E-state index in [9.17, 15) is 0 Å². The third kappa shape index (κ3) is 2.49. The molecule has 12 heavy (non-hydrogen) atoms. The van der Waals surface area contributed by atoms with Crippen molar-refractivity contribution in [3.05, 3.63) is 6.33 Å². The monoisotopic (exact) mass is 186 g/mol. The molecule has 5 heteroatoms. The molecule has 0 fully saturated rings. The number of aryl methyl sites for hydroxylation is 1. The van der Waals surface area contributed by atoms with Crippen LogP contribution in [0.2, 0.25) is 0 Å². The number of aromatic nitrogens is 3. The van der Waals surface area contributed by atoms with E-state index in [1.54, 1.807) is 22.8 Å². The Balaban J connectivity index is 2.46. The van der Waals surface area contributed by atoms with Crippen LogP contribution in [0.15, 0.2) is 11.5 Å². The number of hydrogen-bond acceptors (Lipinski definition) is 4. The molecule has 0 saturated carbocycles. The summed E-state index contributed by atoms with van der Waals surface area (Å²) in [6.45, 7) is 2.87. The average Bonchev–Trinajstić information content (AvgIpc) is 2.37. The van der Waals surface area contributed by atoms with Crippen molar-refractivity contribution < 1.29 is 0 Å². The summed E-state index contributed by atoms with van der Waals surface area (Å²) in [4.78, 5) is 4.11. The fourth-order valence-corrected chi connectivity index (χ4v) is 1.79. The molecule has 1 heterocycles. The van der Waals surface area contributed by atoms with Gasteiger partial charge in [0.2, 0.25) is 0 Å². The Bertz CT molecular complexity index is 235. The average molecular weight is 186 g/mol. The Kier molecular flexibility index (Phi) is 3.55. The zero-order valence-electron chi connectivity index (χ0n) is 7.40. The molecule has 0 aromatic carbocycles. The van der Waals surface area contributed by atoms with Gasteiger partial charge in [-0.15, -0.1) is 0 Å². The van der Waals surface area contributed by atoms with E-state index < -0.39 is 0 Å². The third-order valence-corrected chi connectivity index (χ3v) is 2.77. The van der Waals surface area contributed by atoms with Gasteiger partial charge in [-0.2, -0.15) is 5.10 Å². The van der Waals surface area contributed by atoms with Crippen molar-refractivity contribution in [3.63, 3.8) is 0 Å². The zero-order valence-corrected chi connectivity index (χ0v) is 8.21. The fraction of sp³-hybridized carbons (Fsp3) is 0.714. The standard InChI is InChI=1S/C7H14N4S/c1-6(3-4-8)12-7-9-5-10-11(7)2/h5-6H,3-4,8H2,1-2H3. The minimum atomic E-state index is 0.512. The van der Waals surface area contributed by atoms with Crippen molar-refractivity contribution in [2.24, 2.45) is 12.8 Å². The Morgan fingerprint density at radius 1 is 1.75 bits per heavy atom. The Morgan fingerprint density at radius 3 is 3.00 bits per heavy atom. The smallest absolute Gasteiger partial charge is 0.186 e. The summed E-state index contributed by atoms with van der Waals surface area (Å²) in [6, 6.07) is 0. The van der Waals surface area contributed by atoms with E-state index in [0.717, 1.165) is 18.1 Å². The molecule has 1 aromatic rings. The molecule has 0 aliphatic carbocycles. The van der Waals surface area contributed by atoms with E-state index in [1.807, 2.05) is 7.05 Å². The summed E-state index contributed by atoms with van der Waals surface area (Å²) >= 11 is 1.71. The van der Waals surface area contributed by atoms with E-state index in [2.05, 4.69) is 17.0 Å². The van der Waals surface area contributed by atoms with Gasteiger partial charge in [0.1, 0.15) is 6.33 Å². The van der Waals surface area contributed by atoms with Crippen LogP contribution in [0, 0.1) is 0 Å². The quantitative estimate of drug-likeness (QED) is 0.701. The lowest BCUT2D eigenvalue weighted by Gasteiger charge is -2.07. The van der Waals surface area contributed by atoms with Crippen molar-refractivity contribution >= 4 is 11.8 Å². The van der Waals surface area contributed by atoms with Crippen LogP contribution in [0.25, 0.3) is 0 Å². The maximum absolute atomic E-state index is 5.44. The second kappa shape index (κ2) is 4.47. The molecule has 0 spiro atoms. The predicted octanol–water partition coefficient (Wildman–Crippen LogP) is 0.644. The molecule has 0 aliphatic heterocycles. The second-order valence-electron chi connectivity index (χ2n) is 2.67. The lowest BCUT2D eigenvalue weighted by molar-refractivity contribution is 0.681. The van der Waals surface area contributed by atoms with Crippen LogP contribution in [0.1, 0.15) is 13.3 Å². The molecule has 4 nitrogen and oxygen atoms in total. The first-order chi connectivity index (χ1) is 5.74. The first-order valence-corrected chi connectivity index (χ1v) is 4.82. The molecule has 0 radical (unpaired) electrons. The van der Waals surface area contributed by atoms with Gasteiger partial charge >= 0.3 is 0 Å². The van der Waals surface area contributed by atoms with E-state index in [-0.39, 0.29) is 0 Å². The molecule has 0 bridgehead atoms. The van der Waals surface area contributed by atoms with E-state index in [4.69, 9.17) is 5.73 Å². The highest BCUT2D eigenvalue weighted by Gasteiger charge is 2.07. The van der Waals surface area contributed by atoms with Gasteiger partial charge in [0.15, 0.2) is 5.16 Å². The van der Waals surface area contributed by atoms with Crippen LogP contribution in [0.3, 0.4) is 0 Å². The normalized spacial score (nSPS) is 13.2. The maximum atomic E-state index is 5.44. The molecule has 0 saturated heterocycles. The van der Waals surface area contributed by atoms with Crippen molar-refractivity contribution in [2.75, 3.05) is 6.54 Å². The van der Waals surface area contributed by atoms with Crippen LogP contribution in [-0.4, -0.2) is 26.6 Å². The van der Waals surface area contributed by atoms with Crippen LogP contribution in [-0.2, 0) is 7.05 Å². The van der Waals surface area contributed by atoms with Crippen molar-refractivity contribution in [3.8, 4) is 0 Å². The molecule has 1 unspecified atom stereocenters. The minimum Gasteiger partial charge on any atom is -0.330 e. The molecule has 0 amide bonds. The molecule has 68 valence electrons. The van der Waals surface area contributed by atoms with Crippen LogP contribution in [0.5, 0.6) is 0 Å². The molecular weight excluding hydrogens is 172 g/mol. The van der Waals surface area contributed by atoms with Gasteiger partial charge in [-0.1, -0.05) is 18.7 Å². The first kappa shape index (κ1) is 9.54. The van der Waals surface area contributed by atoms with Crippen LogP contribution >= 0.6 is 11.8 Å². The highest BCUT2D eigenvalue weighted by atomic mass is 32.2. The predicted molar refractivity (Wildman–Crippen MR) is 50.0 cm³/mol. The Hall–Kier alpha value is -0.550. The van der Waals surface area contributed by atoms with Gasteiger partial charge in [-0.3, -0.25) is 0 Å². The molecular formula is C7H14N4S. The molecule has 1 rings (SSSR count). The first-order valence-electron chi connectivity index (χ1n) is 3.94. The molecule has 0 aliphatic rings. The summed E-state index contributed by atoms with van der Waals surface area (Å²) in [6.07, 6.45) is 2.58. The largest absolute Gasteiger partial charge is 0.330 e. The summed E-state index contributed by atoms with van der Waals surface area (Å²) < 4.78 is 1.78. The molecule has 1 atom stereocenters. The van der Waals surface area contributed by atoms with Crippen molar-refractivity contribution in [1.82, 2.24) is 14.8 Å². The highest BCUT2D eigenvalue weighted by Crippen LogP contribution is 2.21. The third-order valence-electron chi connectivity index (χ3n) is 1.55. The van der Waals surface area contributed by atoms with Gasteiger partial charge in [-0.25, -0.2) is 9.67 Å². The van der Waals surface area contributed by atoms with Crippen LogP contribution < -0.4 is 5.73 Å². The maximum Gasteiger partial charge on any atom is 0.186 e. The zero-order chi connectivity index (χ0) is 8.97. The Labute approximate surface area is 76.5 Å². The van der Waals surface area contributed by atoms with Crippen molar-refractivity contribution in [2.45, 2.75) is 23.8 Å². The Morgan fingerprint density at radius 2 is 2.50 bits per heavy atom. The number of thioether (sulfide) groups is 1. The minimum absolute atomic E-state index is 0.512. The summed E-state index contributed by atoms with van der Waals surface area (Å²) in [5, 5.41) is 5.45. The topological polar surface area (TPSA) is 56.7 Å². The lowest BCUT2D eigenvalue weighted by atomic mass is 10.3. The van der Waals surface area contributed by atoms with E-state index >= 15 is 0 Å². The van der Waals surface area contributed by atoms with Crippen molar-refractivity contribution in [1.29, 1.82) is 0 Å². The molecule has 1 aromatic heterocycles. The van der Waals surface area contributed by atoms with Gasteiger partial charge in [-0.05, 0) is 13.0 Å². The van der Waals surface area contributed by atoms with Gasteiger partial charge in [0.25, 0.3) is 0 Å². The lowest BCUT2D eigenvalue weighted by Crippen LogP contribution is -2.08. The summed E-state index contributed by atoms with van der Waals surface area (Å²) in [5.74, 6) is 0. The highest BCUT2D eigenvalue weighted by molar-refractivity contribution is 7.99. The fourth-order valence-electron chi connectivity index (χ4n) is 0.866. The van der Waals surface area contributed by atoms with E-state index in [0.29, 0.717) is 5.25 Å². The molecule has 2 N–H and O–H groups in total. The van der Waals surface area contributed by atoms with Gasteiger partial charge in [0, 0.05) is 12.3 Å². The summed E-state index contributed by atoms with van der Waals surface area (Å²) in [7, 11) is 1.89. The van der Waals surface area contributed by atoms with Gasteiger partial charge in [0.05, 0.1) is 0 Å². The summed E-state index contributed by atoms with van der Waals surface area (Å²) in [5.41, 5.74) is 5.44. The number of hydrogen-bond donors (Lipinski definition) is 1. The van der Waals surface area contributed by atoms with Gasteiger partial charge < -0.3 is 5.73 Å². The number of nitrogens with zero attached hydrogens (tertiary/aromatic N) is 3. The van der Waals surface area contributed by atoms with E-state index in [1.165, 1.54) is 0 Å². The SMILES string of the molecule is CC(CCN)Sc1ncnn1C. The number of rotatable bonds is 4. The number of nitrogens with two attached hydrogens (primary N) is 1.